The number of amides is 1. The molecule has 1 amide bonds. The van der Waals surface area contributed by atoms with Crippen LogP contribution in [-0.2, 0) is 0 Å². The second kappa shape index (κ2) is 9.49. The van der Waals surface area contributed by atoms with Crippen LogP contribution < -0.4 is 10.9 Å². The Hall–Kier alpha value is -4.74. The minimum absolute atomic E-state index is 0.258. The number of pyridine rings is 1. The number of para-hydroxylation sites is 1. The van der Waals surface area contributed by atoms with E-state index in [0.29, 0.717) is 44.6 Å². The van der Waals surface area contributed by atoms with Crippen LogP contribution in [0.15, 0.2) is 77.9 Å². The third kappa shape index (κ3) is 4.02. The number of carbonyl (C=O) groups is 1. The van der Waals surface area contributed by atoms with Crippen molar-refractivity contribution in [3.05, 3.63) is 106 Å². The minimum Gasteiger partial charge on any atom is -0.384 e. The van der Waals surface area contributed by atoms with E-state index in [0.717, 1.165) is 0 Å². The molecular weight excluding hydrogens is 454 g/mol. The molecular formula is C28H23N5O3. The lowest BCUT2D eigenvalue weighted by Crippen LogP contribution is -2.32. The number of nitrogens with one attached hydrogen (secondary N) is 1. The van der Waals surface area contributed by atoms with E-state index in [2.05, 4.69) is 27.2 Å². The van der Waals surface area contributed by atoms with Gasteiger partial charge in [0.1, 0.15) is 12.2 Å². The summed E-state index contributed by atoms with van der Waals surface area (Å²) in [4.78, 5) is 31.5. The summed E-state index contributed by atoms with van der Waals surface area (Å²) in [5, 5.41) is 17.7. The topological polar surface area (TPSA) is 102 Å². The molecule has 3 heterocycles. The second-order valence-electron chi connectivity index (χ2n) is 8.32. The summed E-state index contributed by atoms with van der Waals surface area (Å²) in [7, 11) is 0. The van der Waals surface area contributed by atoms with Crippen molar-refractivity contribution in [3.8, 4) is 17.5 Å². The van der Waals surface area contributed by atoms with Crippen molar-refractivity contribution in [1.29, 1.82) is 0 Å². The van der Waals surface area contributed by atoms with Gasteiger partial charge in [0, 0.05) is 29.3 Å². The number of carbonyl (C=O) groups excluding carboxylic acids is 1. The first kappa shape index (κ1) is 23.0. The number of aromatic nitrogens is 4. The summed E-state index contributed by atoms with van der Waals surface area (Å²) in [6, 6.07) is 17.8. The van der Waals surface area contributed by atoms with Gasteiger partial charge in [-0.25, -0.2) is 9.50 Å². The van der Waals surface area contributed by atoms with Crippen LogP contribution in [0.4, 0.5) is 0 Å². The Labute approximate surface area is 206 Å². The zero-order valence-corrected chi connectivity index (χ0v) is 19.8. The maximum absolute atomic E-state index is 13.9. The van der Waals surface area contributed by atoms with Gasteiger partial charge in [-0.3, -0.25) is 14.2 Å². The first-order valence-electron chi connectivity index (χ1n) is 11.4. The van der Waals surface area contributed by atoms with Crippen molar-refractivity contribution in [3.63, 3.8) is 0 Å². The Morgan fingerprint density at radius 2 is 1.94 bits per heavy atom. The molecule has 36 heavy (non-hydrogen) atoms. The maximum Gasteiger partial charge on any atom is 0.264 e. The SMILES string of the molecule is Cc1nn2cccnc2c1C(=O)N[C@H](C)c1cc2cccc(C#CCO)c2c(=O)n1-c1ccccc1. The number of aliphatic hydroxyl groups excluding tert-OH is 1. The highest BCUT2D eigenvalue weighted by Crippen LogP contribution is 2.24. The molecule has 0 spiro atoms. The molecule has 5 rings (SSSR count). The highest BCUT2D eigenvalue weighted by Gasteiger charge is 2.23. The van der Waals surface area contributed by atoms with Gasteiger partial charge in [0.2, 0.25) is 0 Å². The monoisotopic (exact) mass is 477 g/mol. The quantitative estimate of drug-likeness (QED) is 0.387. The van der Waals surface area contributed by atoms with Gasteiger partial charge in [-0.05, 0) is 49.6 Å². The number of fused-ring (bicyclic) bond motifs is 2. The van der Waals surface area contributed by atoms with Crippen molar-refractivity contribution in [2.75, 3.05) is 6.61 Å². The number of nitrogens with zero attached hydrogens (tertiary/aromatic N) is 4. The fourth-order valence-corrected chi connectivity index (χ4v) is 4.39. The van der Waals surface area contributed by atoms with Crippen molar-refractivity contribution in [2.24, 2.45) is 0 Å². The Bertz CT molecular complexity index is 1730. The third-order valence-corrected chi connectivity index (χ3v) is 5.98. The zero-order chi connectivity index (χ0) is 25.2. The van der Waals surface area contributed by atoms with Gasteiger partial charge in [0.15, 0.2) is 5.65 Å². The molecule has 2 N–H and O–H groups in total. The van der Waals surface area contributed by atoms with Crippen LogP contribution in [-0.4, -0.2) is 36.8 Å². The van der Waals surface area contributed by atoms with Crippen LogP contribution in [0.5, 0.6) is 0 Å². The second-order valence-corrected chi connectivity index (χ2v) is 8.32. The molecule has 0 aliphatic rings. The van der Waals surface area contributed by atoms with Gasteiger partial charge in [0.05, 0.1) is 17.1 Å². The molecule has 8 nitrogen and oxygen atoms in total. The van der Waals surface area contributed by atoms with E-state index in [1.54, 1.807) is 40.5 Å². The average Bonchev–Trinajstić information content (AvgIpc) is 3.23. The molecule has 8 heteroatoms. The lowest BCUT2D eigenvalue weighted by Gasteiger charge is -2.21. The van der Waals surface area contributed by atoms with Gasteiger partial charge in [0.25, 0.3) is 11.5 Å². The molecule has 1 atom stereocenters. The summed E-state index contributed by atoms with van der Waals surface area (Å²) in [5.74, 6) is 5.18. The fourth-order valence-electron chi connectivity index (χ4n) is 4.39. The minimum atomic E-state index is -0.528. The van der Waals surface area contributed by atoms with E-state index < -0.39 is 6.04 Å². The summed E-state index contributed by atoms with van der Waals surface area (Å²) in [5.41, 5.74) is 2.97. The molecule has 0 aliphatic heterocycles. The van der Waals surface area contributed by atoms with Crippen LogP contribution in [0.1, 0.15) is 40.3 Å². The maximum atomic E-state index is 13.9. The van der Waals surface area contributed by atoms with Crippen molar-refractivity contribution in [2.45, 2.75) is 19.9 Å². The lowest BCUT2D eigenvalue weighted by atomic mass is 10.0. The van der Waals surface area contributed by atoms with Gasteiger partial charge in [-0.15, -0.1) is 0 Å². The van der Waals surface area contributed by atoms with Crippen LogP contribution in [0.2, 0.25) is 0 Å². The molecule has 3 aromatic heterocycles. The summed E-state index contributed by atoms with van der Waals surface area (Å²) >= 11 is 0. The predicted octanol–water partition coefficient (Wildman–Crippen LogP) is 3.18. The van der Waals surface area contributed by atoms with Gasteiger partial charge < -0.3 is 10.4 Å². The normalized spacial score (nSPS) is 11.8. The van der Waals surface area contributed by atoms with E-state index >= 15 is 0 Å². The first-order chi connectivity index (χ1) is 17.5. The highest BCUT2D eigenvalue weighted by molar-refractivity contribution is 6.01. The van der Waals surface area contributed by atoms with Crippen molar-refractivity contribution >= 4 is 22.3 Å². The molecule has 0 radical (unpaired) electrons. The van der Waals surface area contributed by atoms with Crippen molar-refractivity contribution in [1.82, 2.24) is 24.5 Å². The largest absolute Gasteiger partial charge is 0.384 e. The summed E-state index contributed by atoms with van der Waals surface area (Å²) in [6.07, 6.45) is 3.35. The smallest absolute Gasteiger partial charge is 0.264 e. The van der Waals surface area contributed by atoms with E-state index in [1.807, 2.05) is 55.5 Å². The standard InChI is InChI=1S/C28H23N5O3/c1-18(30-27(35)24-19(2)31-32-15-8-14-29-26(24)32)23-17-21-10-6-9-20(11-7-16-34)25(21)28(36)33(23)22-12-4-3-5-13-22/h3-6,8-10,12-15,17-18,34H,16H2,1-2H3,(H,30,35)/t18-/m1/s1. The first-order valence-corrected chi connectivity index (χ1v) is 11.4. The van der Waals surface area contributed by atoms with Gasteiger partial charge >= 0.3 is 0 Å². The summed E-state index contributed by atoms with van der Waals surface area (Å²) in [6.45, 7) is 3.29. The van der Waals surface area contributed by atoms with Crippen LogP contribution >= 0.6 is 0 Å². The Kier molecular flexibility index (Phi) is 6.07. The van der Waals surface area contributed by atoms with E-state index in [4.69, 9.17) is 5.11 Å². The van der Waals surface area contributed by atoms with Crippen molar-refractivity contribution < 1.29 is 9.90 Å². The number of rotatable bonds is 4. The predicted molar refractivity (Wildman–Crippen MR) is 137 cm³/mol. The third-order valence-electron chi connectivity index (χ3n) is 5.98. The molecule has 2 aromatic carbocycles. The number of aryl methyl sites for hydroxylation is 1. The molecule has 178 valence electrons. The van der Waals surface area contributed by atoms with Crippen LogP contribution in [0.25, 0.3) is 22.1 Å². The van der Waals surface area contributed by atoms with E-state index in [1.165, 1.54) is 0 Å². The van der Waals surface area contributed by atoms with Gasteiger partial charge in [-0.1, -0.05) is 42.2 Å². The molecule has 0 unspecified atom stereocenters. The van der Waals surface area contributed by atoms with Crippen LogP contribution in [0, 0.1) is 18.8 Å². The summed E-state index contributed by atoms with van der Waals surface area (Å²) < 4.78 is 3.17. The van der Waals surface area contributed by atoms with Gasteiger partial charge in [-0.2, -0.15) is 5.10 Å². The van der Waals surface area contributed by atoms with Crippen LogP contribution in [0.3, 0.4) is 0 Å². The number of aliphatic hydroxyl groups is 1. The molecule has 0 saturated carbocycles. The number of benzene rings is 2. The Morgan fingerprint density at radius 3 is 2.72 bits per heavy atom. The molecule has 0 bridgehead atoms. The Morgan fingerprint density at radius 1 is 1.14 bits per heavy atom. The lowest BCUT2D eigenvalue weighted by molar-refractivity contribution is 0.0939. The van der Waals surface area contributed by atoms with E-state index in [9.17, 15) is 9.59 Å². The fraction of sp³-hybridized carbons (Fsp3) is 0.143. The number of hydrogen-bond acceptors (Lipinski definition) is 5. The average molecular weight is 478 g/mol. The van der Waals surface area contributed by atoms with E-state index in [-0.39, 0.29) is 18.1 Å². The Balaban J connectivity index is 1.66. The molecule has 0 aliphatic carbocycles. The molecule has 0 fully saturated rings. The zero-order valence-electron chi connectivity index (χ0n) is 19.8. The highest BCUT2D eigenvalue weighted by atomic mass is 16.2. The number of hydrogen-bond donors (Lipinski definition) is 2. The molecule has 0 saturated heterocycles. The molecule has 5 aromatic rings.